The summed E-state index contributed by atoms with van der Waals surface area (Å²) in [6.45, 7) is 0.00582. The molecule has 1 N–H and O–H groups in total. The van der Waals surface area contributed by atoms with Crippen LogP contribution in [-0.4, -0.2) is 13.0 Å². The molecule has 0 atom stereocenters. The number of nitrogens with one attached hydrogen (secondary N) is 1. The Labute approximate surface area is 203 Å². The summed E-state index contributed by atoms with van der Waals surface area (Å²) in [6, 6.07) is 14.4. The summed E-state index contributed by atoms with van der Waals surface area (Å²) in [6.07, 6.45) is -3.38. The van der Waals surface area contributed by atoms with Crippen molar-refractivity contribution in [2.45, 2.75) is 12.8 Å². The molecule has 0 radical (unpaired) electrons. The number of carbonyl (C=O) groups excluding carboxylic acids is 1. The minimum absolute atomic E-state index is 0.00582. The standard InChI is InChI=1S/C25H17ClF4N2O3/c1-34-22-11-16(10-21(26)23(22)35-14-15-4-2-6-19(27)9-15)8-17(13-31)24(33)32-20-7-3-5-18(12-20)25(28,29)30/h2-12H,14H2,1H3,(H,32,33)/b17-8+. The molecule has 0 aliphatic rings. The minimum Gasteiger partial charge on any atom is -0.493 e. The summed E-state index contributed by atoms with van der Waals surface area (Å²) in [5, 5.41) is 11.8. The second-order valence-electron chi connectivity index (χ2n) is 7.16. The van der Waals surface area contributed by atoms with Gasteiger partial charge in [-0.3, -0.25) is 4.79 Å². The summed E-state index contributed by atoms with van der Waals surface area (Å²) >= 11 is 6.31. The van der Waals surface area contributed by atoms with Crippen LogP contribution in [0.25, 0.3) is 6.08 Å². The van der Waals surface area contributed by atoms with Gasteiger partial charge >= 0.3 is 6.18 Å². The number of halogens is 5. The maximum atomic E-state index is 13.4. The number of rotatable bonds is 7. The highest BCUT2D eigenvalue weighted by molar-refractivity contribution is 6.32. The van der Waals surface area contributed by atoms with E-state index in [4.69, 9.17) is 21.1 Å². The van der Waals surface area contributed by atoms with Gasteiger partial charge in [-0.15, -0.1) is 0 Å². The van der Waals surface area contributed by atoms with Crippen LogP contribution >= 0.6 is 11.6 Å². The van der Waals surface area contributed by atoms with Crippen LogP contribution in [0.3, 0.4) is 0 Å². The van der Waals surface area contributed by atoms with Gasteiger partial charge < -0.3 is 14.8 Å². The predicted octanol–water partition coefficient (Wildman–Crippen LogP) is 6.63. The molecule has 0 aromatic heterocycles. The number of benzene rings is 3. The number of methoxy groups -OCH3 is 1. The molecular weight excluding hydrogens is 488 g/mol. The van der Waals surface area contributed by atoms with Gasteiger partial charge in [0.2, 0.25) is 0 Å². The number of amides is 1. The molecule has 35 heavy (non-hydrogen) atoms. The van der Waals surface area contributed by atoms with Crippen molar-refractivity contribution in [3.8, 4) is 17.6 Å². The average Bonchev–Trinajstić information content (AvgIpc) is 2.81. The summed E-state index contributed by atoms with van der Waals surface area (Å²) in [7, 11) is 1.36. The Morgan fingerprint density at radius 1 is 1.14 bits per heavy atom. The molecule has 180 valence electrons. The van der Waals surface area contributed by atoms with E-state index in [1.165, 1.54) is 49.6 Å². The van der Waals surface area contributed by atoms with Crippen molar-refractivity contribution in [3.05, 3.63) is 93.8 Å². The lowest BCUT2D eigenvalue weighted by atomic mass is 10.1. The lowest BCUT2D eigenvalue weighted by molar-refractivity contribution is -0.137. The van der Waals surface area contributed by atoms with E-state index in [-0.39, 0.29) is 34.4 Å². The van der Waals surface area contributed by atoms with Gasteiger partial charge in [-0.05, 0) is 59.7 Å². The van der Waals surface area contributed by atoms with Gasteiger partial charge in [-0.25, -0.2) is 4.39 Å². The fraction of sp³-hybridized carbons (Fsp3) is 0.120. The van der Waals surface area contributed by atoms with Crippen LogP contribution in [0.4, 0.5) is 23.2 Å². The average molecular weight is 505 g/mol. The molecule has 3 aromatic rings. The number of alkyl halides is 3. The molecule has 3 aromatic carbocycles. The van der Waals surface area contributed by atoms with E-state index < -0.39 is 23.5 Å². The molecule has 0 fully saturated rings. The zero-order chi connectivity index (χ0) is 25.6. The third-order valence-corrected chi connectivity index (χ3v) is 4.93. The maximum Gasteiger partial charge on any atom is 0.416 e. The lowest BCUT2D eigenvalue weighted by Crippen LogP contribution is -2.14. The molecule has 0 saturated heterocycles. The number of carbonyl (C=O) groups is 1. The van der Waals surface area contributed by atoms with Gasteiger partial charge in [0.1, 0.15) is 24.1 Å². The van der Waals surface area contributed by atoms with Crippen LogP contribution in [0.5, 0.6) is 11.5 Å². The van der Waals surface area contributed by atoms with Gasteiger partial charge in [0.15, 0.2) is 11.5 Å². The molecular formula is C25H17ClF4N2O3. The summed E-state index contributed by atoms with van der Waals surface area (Å²) in [5.41, 5.74) is -0.578. The van der Waals surface area contributed by atoms with E-state index in [2.05, 4.69) is 5.32 Å². The van der Waals surface area contributed by atoms with Crippen LogP contribution in [-0.2, 0) is 17.6 Å². The van der Waals surface area contributed by atoms with Crippen molar-refractivity contribution in [2.24, 2.45) is 0 Å². The van der Waals surface area contributed by atoms with Crippen molar-refractivity contribution >= 4 is 29.3 Å². The monoisotopic (exact) mass is 504 g/mol. The smallest absolute Gasteiger partial charge is 0.416 e. The Balaban J connectivity index is 1.82. The maximum absolute atomic E-state index is 13.4. The van der Waals surface area contributed by atoms with E-state index in [9.17, 15) is 27.6 Å². The topological polar surface area (TPSA) is 71.3 Å². The van der Waals surface area contributed by atoms with E-state index >= 15 is 0 Å². The van der Waals surface area contributed by atoms with E-state index in [0.717, 1.165) is 18.2 Å². The Hall–Kier alpha value is -4.03. The molecule has 0 bridgehead atoms. The number of nitriles is 1. The van der Waals surface area contributed by atoms with E-state index in [1.54, 1.807) is 12.1 Å². The first kappa shape index (κ1) is 25.6. The van der Waals surface area contributed by atoms with Crippen LogP contribution in [0.1, 0.15) is 16.7 Å². The summed E-state index contributed by atoms with van der Waals surface area (Å²) in [5.74, 6) is -0.969. The third-order valence-electron chi connectivity index (χ3n) is 4.65. The molecule has 0 unspecified atom stereocenters. The van der Waals surface area contributed by atoms with Crippen LogP contribution in [0.15, 0.2) is 66.2 Å². The molecule has 0 aliphatic heterocycles. The second-order valence-corrected chi connectivity index (χ2v) is 7.56. The fourth-order valence-electron chi connectivity index (χ4n) is 3.03. The van der Waals surface area contributed by atoms with Gasteiger partial charge in [-0.1, -0.05) is 29.8 Å². The summed E-state index contributed by atoms with van der Waals surface area (Å²) < 4.78 is 63.0. The number of ether oxygens (including phenoxy) is 2. The van der Waals surface area contributed by atoms with Crippen molar-refractivity contribution in [1.29, 1.82) is 5.26 Å². The van der Waals surface area contributed by atoms with Gasteiger partial charge in [0.25, 0.3) is 5.91 Å². The Kier molecular flexibility index (Phi) is 7.99. The van der Waals surface area contributed by atoms with E-state index in [0.29, 0.717) is 11.1 Å². The zero-order valence-electron chi connectivity index (χ0n) is 18.1. The number of hydrogen-bond donors (Lipinski definition) is 1. The van der Waals surface area contributed by atoms with Gasteiger partial charge in [0.05, 0.1) is 17.7 Å². The highest BCUT2D eigenvalue weighted by atomic mass is 35.5. The first-order valence-electron chi connectivity index (χ1n) is 9.96. The first-order chi connectivity index (χ1) is 16.6. The van der Waals surface area contributed by atoms with Crippen LogP contribution in [0, 0.1) is 17.1 Å². The Bertz CT molecular complexity index is 1320. The third kappa shape index (κ3) is 6.74. The lowest BCUT2D eigenvalue weighted by Gasteiger charge is -2.14. The molecule has 5 nitrogen and oxygen atoms in total. The SMILES string of the molecule is COc1cc(/C=C(\C#N)C(=O)Nc2cccc(C(F)(F)F)c2)cc(Cl)c1OCc1cccc(F)c1. The Morgan fingerprint density at radius 3 is 2.54 bits per heavy atom. The largest absolute Gasteiger partial charge is 0.493 e. The van der Waals surface area contributed by atoms with Crippen molar-refractivity contribution < 1.29 is 31.8 Å². The normalized spacial score (nSPS) is 11.5. The zero-order valence-corrected chi connectivity index (χ0v) is 18.9. The number of hydrogen-bond acceptors (Lipinski definition) is 4. The molecule has 10 heteroatoms. The summed E-state index contributed by atoms with van der Waals surface area (Å²) in [4.78, 5) is 12.5. The molecule has 0 saturated carbocycles. The van der Waals surface area contributed by atoms with Crippen LogP contribution < -0.4 is 14.8 Å². The predicted molar refractivity (Wildman–Crippen MR) is 122 cm³/mol. The molecule has 0 heterocycles. The first-order valence-corrected chi connectivity index (χ1v) is 10.3. The molecule has 3 rings (SSSR count). The fourth-order valence-corrected chi connectivity index (χ4v) is 3.31. The number of anilines is 1. The molecule has 1 amide bonds. The van der Waals surface area contributed by atoms with Crippen molar-refractivity contribution in [1.82, 2.24) is 0 Å². The second kappa shape index (κ2) is 10.9. The van der Waals surface area contributed by atoms with Gasteiger partial charge in [-0.2, -0.15) is 18.4 Å². The van der Waals surface area contributed by atoms with Crippen LogP contribution in [0.2, 0.25) is 5.02 Å². The molecule has 0 aliphatic carbocycles. The van der Waals surface area contributed by atoms with Gasteiger partial charge in [0, 0.05) is 5.69 Å². The van der Waals surface area contributed by atoms with Crippen molar-refractivity contribution in [3.63, 3.8) is 0 Å². The number of nitrogens with zero attached hydrogens (tertiary/aromatic N) is 1. The highest BCUT2D eigenvalue weighted by Gasteiger charge is 2.30. The molecule has 0 spiro atoms. The van der Waals surface area contributed by atoms with Crippen molar-refractivity contribution in [2.75, 3.05) is 12.4 Å². The highest BCUT2D eigenvalue weighted by Crippen LogP contribution is 2.37. The van der Waals surface area contributed by atoms with E-state index in [1.807, 2.05) is 0 Å². The minimum atomic E-state index is -4.58. The Morgan fingerprint density at radius 2 is 1.89 bits per heavy atom. The quantitative estimate of drug-likeness (QED) is 0.223.